The predicted molar refractivity (Wildman–Crippen MR) is 205 cm³/mol. The Kier molecular flexibility index (Phi) is 19.5. The minimum Gasteiger partial charge on any atom is -0.400 e. The molecule has 0 unspecified atom stereocenters. The standard InChI is InChI=1S/2C17H16N4.2CH4O.Cu.2NO3/c2*1-2-7-13-12(6-1)18-16(19-13)10-5-11-17-20-14-8-3-4-9-15(14)21-17;2*1-2;;2*2-1(3)4/h2*1-4,6-9H,5,10-11H2,(H,18,19)(H,20,21);2*2H,1H3;;;/q;;;;+2;2*-1. The van der Waals surface area contributed by atoms with E-state index in [0.717, 1.165) is 120 Å². The molecule has 0 amide bonds. The summed E-state index contributed by atoms with van der Waals surface area (Å²) >= 11 is 0. The van der Waals surface area contributed by atoms with Crippen LogP contribution in [0.4, 0.5) is 0 Å². The van der Waals surface area contributed by atoms with E-state index < -0.39 is 10.2 Å². The van der Waals surface area contributed by atoms with Gasteiger partial charge in [-0.2, -0.15) is 0 Å². The zero-order valence-corrected chi connectivity index (χ0v) is 30.8. The first kappa shape index (κ1) is 44.8. The number of para-hydroxylation sites is 8. The van der Waals surface area contributed by atoms with Gasteiger partial charge in [-0.1, -0.05) is 48.5 Å². The third-order valence-corrected chi connectivity index (χ3v) is 7.41. The fourth-order valence-corrected chi connectivity index (χ4v) is 5.34. The van der Waals surface area contributed by atoms with Crippen LogP contribution >= 0.6 is 0 Å². The van der Waals surface area contributed by atoms with E-state index in [-0.39, 0.29) is 17.1 Å². The molecule has 19 heteroatoms. The SMILES string of the molecule is CO.CO.O=[N+]([O-])[O-].O=[N+]([O-])[O-].[Cu+2].c1ccc2[nH]c(CCCc3nc4ccccc4[nH]3)nc2c1.c1ccc2[nH]c(CCCc3nc4ccccc4[nH]3)nc2c1. The van der Waals surface area contributed by atoms with Crippen molar-refractivity contribution < 1.29 is 37.5 Å². The number of rotatable bonds is 8. The zero-order valence-electron chi connectivity index (χ0n) is 29.8. The van der Waals surface area contributed by atoms with Gasteiger partial charge in [0.05, 0.1) is 54.3 Å². The van der Waals surface area contributed by atoms with Crippen LogP contribution in [0, 0.1) is 30.6 Å². The fourth-order valence-electron chi connectivity index (χ4n) is 5.34. The van der Waals surface area contributed by atoms with Gasteiger partial charge in [-0.05, 0) is 61.4 Å². The Morgan fingerprint density at radius 2 is 0.618 bits per heavy atom. The van der Waals surface area contributed by atoms with Crippen LogP contribution in [0.25, 0.3) is 44.1 Å². The molecule has 0 spiro atoms. The number of aliphatic hydroxyl groups is 2. The van der Waals surface area contributed by atoms with Crippen LogP contribution in [0.2, 0.25) is 0 Å². The molecule has 4 aromatic heterocycles. The molecule has 8 aromatic rings. The van der Waals surface area contributed by atoms with Crippen LogP contribution in [0.1, 0.15) is 36.1 Å². The topological polar surface area (TPSA) is 288 Å². The number of imidazole rings is 4. The van der Waals surface area contributed by atoms with E-state index in [2.05, 4.69) is 64.1 Å². The molecule has 0 fully saturated rings. The molecule has 4 aromatic carbocycles. The molecule has 1 radical (unpaired) electrons. The minimum atomic E-state index is -1.75. The number of benzene rings is 4. The summed E-state index contributed by atoms with van der Waals surface area (Å²) in [5.74, 6) is 4.19. The third-order valence-electron chi connectivity index (χ3n) is 7.41. The molecule has 0 aliphatic carbocycles. The first-order chi connectivity index (χ1) is 26.2. The Morgan fingerprint density at radius 3 is 0.800 bits per heavy atom. The molecule has 293 valence electrons. The Hall–Kier alpha value is -6.40. The molecular formula is C36H40CuN10O8. The van der Waals surface area contributed by atoms with Gasteiger partial charge in [-0.3, -0.25) is 0 Å². The first-order valence-electron chi connectivity index (χ1n) is 16.5. The van der Waals surface area contributed by atoms with E-state index in [4.69, 9.17) is 40.9 Å². The van der Waals surface area contributed by atoms with Crippen molar-refractivity contribution in [1.82, 2.24) is 39.9 Å². The quantitative estimate of drug-likeness (QED) is 0.0589. The van der Waals surface area contributed by atoms with Crippen LogP contribution in [-0.4, -0.2) is 74.5 Å². The number of hydrogen-bond donors (Lipinski definition) is 6. The van der Waals surface area contributed by atoms with Gasteiger partial charge in [0.1, 0.15) is 23.3 Å². The summed E-state index contributed by atoms with van der Waals surface area (Å²) < 4.78 is 0. The number of H-pyrrole nitrogens is 4. The van der Waals surface area contributed by atoms with Crippen molar-refractivity contribution in [2.24, 2.45) is 0 Å². The van der Waals surface area contributed by atoms with Crippen molar-refractivity contribution in [3.8, 4) is 0 Å². The smallest absolute Gasteiger partial charge is 0.400 e. The Bertz CT molecular complexity index is 1870. The molecule has 0 saturated carbocycles. The number of aliphatic hydroxyl groups excluding tert-OH is 2. The summed E-state index contributed by atoms with van der Waals surface area (Å²) in [5.41, 5.74) is 8.58. The van der Waals surface area contributed by atoms with Gasteiger partial charge in [0.25, 0.3) is 0 Å². The van der Waals surface area contributed by atoms with Crippen molar-refractivity contribution in [2.45, 2.75) is 38.5 Å². The maximum absolute atomic E-state index is 8.25. The van der Waals surface area contributed by atoms with Gasteiger partial charge in [-0.15, -0.1) is 0 Å². The van der Waals surface area contributed by atoms with Gasteiger partial charge < -0.3 is 60.8 Å². The number of aryl methyl sites for hydroxylation is 4. The number of nitrogens with one attached hydrogen (secondary N) is 4. The molecule has 0 saturated heterocycles. The van der Waals surface area contributed by atoms with E-state index in [1.807, 2.05) is 72.8 Å². The average molecular weight is 804 g/mol. The predicted octanol–water partition coefficient (Wildman–Crippen LogP) is 5.97. The molecule has 0 aliphatic rings. The second-order valence-electron chi connectivity index (χ2n) is 11.0. The summed E-state index contributed by atoms with van der Waals surface area (Å²) in [6, 6.07) is 32.6. The summed E-state index contributed by atoms with van der Waals surface area (Å²) in [4.78, 5) is 48.4. The molecule has 0 aliphatic heterocycles. The second kappa shape index (κ2) is 24.0. The number of nitrogens with zero attached hydrogens (tertiary/aromatic N) is 6. The van der Waals surface area contributed by atoms with Gasteiger partial charge in [-0.25, -0.2) is 19.9 Å². The molecule has 6 N–H and O–H groups in total. The van der Waals surface area contributed by atoms with E-state index >= 15 is 0 Å². The van der Waals surface area contributed by atoms with Crippen LogP contribution in [0.5, 0.6) is 0 Å². The second-order valence-corrected chi connectivity index (χ2v) is 11.0. The van der Waals surface area contributed by atoms with Crippen molar-refractivity contribution in [2.75, 3.05) is 14.2 Å². The molecule has 0 atom stereocenters. The average Bonchev–Trinajstić information content (AvgIpc) is 3.97. The van der Waals surface area contributed by atoms with Crippen molar-refractivity contribution in [3.63, 3.8) is 0 Å². The van der Waals surface area contributed by atoms with Crippen LogP contribution in [-0.2, 0) is 42.8 Å². The van der Waals surface area contributed by atoms with Crippen LogP contribution in [0.15, 0.2) is 97.1 Å². The van der Waals surface area contributed by atoms with E-state index in [1.165, 1.54) is 0 Å². The first-order valence-corrected chi connectivity index (χ1v) is 16.5. The van der Waals surface area contributed by atoms with Crippen molar-refractivity contribution in [1.29, 1.82) is 0 Å². The van der Waals surface area contributed by atoms with Crippen molar-refractivity contribution in [3.05, 3.63) is 151 Å². The van der Waals surface area contributed by atoms with Crippen LogP contribution < -0.4 is 0 Å². The molecule has 4 heterocycles. The van der Waals surface area contributed by atoms with Gasteiger partial charge in [0, 0.05) is 39.9 Å². The molecule has 8 rings (SSSR count). The summed E-state index contributed by atoms with van der Waals surface area (Å²) in [5, 5.41) is 43.5. The molecule has 18 nitrogen and oxygen atoms in total. The maximum atomic E-state index is 8.25. The summed E-state index contributed by atoms with van der Waals surface area (Å²) in [6.45, 7) is 0. The number of aromatic nitrogens is 8. The third kappa shape index (κ3) is 14.9. The normalized spacial score (nSPS) is 9.82. The Morgan fingerprint density at radius 1 is 0.436 bits per heavy atom. The summed E-state index contributed by atoms with van der Waals surface area (Å²) in [7, 11) is 2.00. The van der Waals surface area contributed by atoms with Gasteiger partial charge >= 0.3 is 17.1 Å². The van der Waals surface area contributed by atoms with E-state index in [0.29, 0.717) is 0 Å². The maximum Gasteiger partial charge on any atom is 2.00 e. The molecule has 55 heavy (non-hydrogen) atoms. The number of aromatic amines is 4. The van der Waals surface area contributed by atoms with Crippen molar-refractivity contribution >= 4 is 44.1 Å². The molecular weight excluding hydrogens is 764 g/mol. The number of hydrogen-bond acceptors (Lipinski definition) is 12. The zero-order chi connectivity index (χ0) is 39.3. The van der Waals surface area contributed by atoms with Gasteiger partial charge in [0.2, 0.25) is 0 Å². The van der Waals surface area contributed by atoms with Crippen LogP contribution in [0.3, 0.4) is 0 Å². The summed E-state index contributed by atoms with van der Waals surface area (Å²) in [6.07, 6.45) is 5.80. The Labute approximate surface area is 324 Å². The van der Waals surface area contributed by atoms with Gasteiger partial charge in [0.15, 0.2) is 0 Å². The largest absolute Gasteiger partial charge is 2.00 e. The Balaban J connectivity index is 0.000000293. The van der Waals surface area contributed by atoms with E-state index in [1.54, 1.807) is 0 Å². The number of fused-ring (bicyclic) bond motifs is 4. The fraction of sp³-hybridized carbons (Fsp3) is 0.222. The monoisotopic (exact) mass is 803 g/mol. The minimum absolute atomic E-state index is 0. The van der Waals surface area contributed by atoms with E-state index in [9.17, 15) is 0 Å². The molecule has 0 bridgehead atoms.